The second-order valence-electron chi connectivity index (χ2n) is 6.96. The number of Topliss-reactive ketones (excluding diaryl/α,β-unsaturated/α-hetero) is 1. The fourth-order valence-corrected chi connectivity index (χ4v) is 3.44. The second-order valence-corrected chi connectivity index (χ2v) is 6.96. The molecule has 2 rings (SSSR count). The molecule has 0 saturated heterocycles. The summed E-state index contributed by atoms with van der Waals surface area (Å²) in [5.74, 6) is 0.200. The van der Waals surface area contributed by atoms with E-state index in [1.807, 2.05) is 11.8 Å². The number of carbonyl (C=O) groups is 2. The van der Waals surface area contributed by atoms with Gasteiger partial charge in [-0.05, 0) is 36.5 Å². The fourth-order valence-electron chi connectivity index (χ4n) is 3.44. The number of halogens is 1. The molecule has 3 nitrogen and oxygen atoms in total. The van der Waals surface area contributed by atoms with Crippen molar-refractivity contribution in [3.05, 3.63) is 35.6 Å². The highest BCUT2D eigenvalue weighted by Gasteiger charge is 2.33. The van der Waals surface area contributed by atoms with E-state index < -0.39 is 0 Å². The van der Waals surface area contributed by atoms with Crippen LogP contribution < -0.4 is 0 Å². The van der Waals surface area contributed by atoms with Crippen LogP contribution in [0.4, 0.5) is 4.39 Å². The summed E-state index contributed by atoms with van der Waals surface area (Å²) < 4.78 is 13.1. The zero-order valence-electron chi connectivity index (χ0n) is 14.8. The normalized spacial score (nSPS) is 20.9. The van der Waals surface area contributed by atoms with Gasteiger partial charge in [0.05, 0.1) is 0 Å². The summed E-state index contributed by atoms with van der Waals surface area (Å²) in [6, 6.07) is 6.35. The SMILES string of the molecule is CCCCCN(Cc1ccc(F)cc1)C(=O)[C@H]1CCC(=O)C[C@@H]1C. The Kier molecular flexibility index (Phi) is 6.95. The van der Waals surface area contributed by atoms with Crippen molar-refractivity contribution in [1.82, 2.24) is 4.90 Å². The molecule has 1 aliphatic carbocycles. The van der Waals surface area contributed by atoms with Crippen molar-refractivity contribution in [3.8, 4) is 0 Å². The number of ketones is 1. The average molecular weight is 333 g/mol. The van der Waals surface area contributed by atoms with Crippen molar-refractivity contribution in [3.63, 3.8) is 0 Å². The van der Waals surface area contributed by atoms with Crippen LogP contribution in [0.25, 0.3) is 0 Å². The minimum Gasteiger partial charge on any atom is -0.338 e. The Bertz CT molecular complexity index is 555. The van der Waals surface area contributed by atoms with Gasteiger partial charge < -0.3 is 4.90 Å². The van der Waals surface area contributed by atoms with Gasteiger partial charge in [-0.2, -0.15) is 0 Å². The molecule has 1 saturated carbocycles. The minimum atomic E-state index is -0.262. The maximum absolute atomic E-state index is 13.1. The summed E-state index contributed by atoms with van der Waals surface area (Å²) >= 11 is 0. The molecule has 0 aliphatic heterocycles. The lowest BCUT2D eigenvalue weighted by atomic mass is 9.79. The van der Waals surface area contributed by atoms with Crippen LogP contribution in [0.15, 0.2) is 24.3 Å². The first-order valence-corrected chi connectivity index (χ1v) is 9.06. The molecular formula is C20H28FNO2. The first kappa shape index (κ1) is 18.6. The third-order valence-corrected chi connectivity index (χ3v) is 4.92. The lowest BCUT2D eigenvalue weighted by Crippen LogP contribution is -2.41. The van der Waals surface area contributed by atoms with Gasteiger partial charge in [0.2, 0.25) is 5.91 Å². The molecule has 1 amide bonds. The van der Waals surface area contributed by atoms with E-state index in [-0.39, 0.29) is 29.3 Å². The van der Waals surface area contributed by atoms with Crippen molar-refractivity contribution in [2.45, 2.75) is 58.9 Å². The van der Waals surface area contributed by atoms with Gasteiger partial charge in [0.15, 0.2) is 0 Å². The summed E-state index contributed by atoms with van der Waals surface area (Å²) in [6.45, 7) is 5.38. The minimum absolute atomic E-state index is 0.0650. The van der Waals surface area contributed by atoms with E-state index in [1.54, 1.807) is 12.1 Å². The third kappa shape index (κ3) is 5.15. The lowest BCUT2D eigenvalue weighted by molar-refractivity contribution is -0.140. The van der Waals surface area contributed by atoms with E-state index >= 15 is 0 Å². The van der Waals surface area contributed by atoms with E-state index in [1.165, 1.54) is 12.1 Å². The smallest absolute Gasteiger partial charge is 0.226 e. The Labute approximate surface area is 144 Å². The zero-order valence-corrected chi connectivity index (χ0v) is 14.8. The molecule has 0 N–H and O–H groups in total. The molecule has 0 spiro atoms. The summed E-state index contributed by atoms with van der Waals surface area (Å²) in [7, 11) is 0. The number of hydrogen-bond acceptors (Lipinski definition) is 2. The maximum atomic E-state index is 13.1. The van der Waals surface area contributed by atoms with Gasteiger partial charge in [-0.25, -0.2) is 4.39 Å². The quantitative estimate of drug-likeness (QED) is 0.696. The van der Waals surface area contributed by atoms with Crippen molar-refractivity contribution in [1.29, 1.82) is 0 Å². The van der Waals surface area contributed by atoms with Crippen molar-refractivity contribution in [2.24, 2.45) is 11.8 Å². The average Bonchev–Trinajstić information content (AvgIpc) is 2.55. The zero-order chi connectivity index (χ0) is 17.5. The number of rotatable bonds is 7. The molecule has 1 aromatic carbocycles. The standard InChI is InChI=1S/C20H28FNO2/c1-3-4-5-12-22(14-16-6-8-17(21)9-7-16)20(24)19-11-10-18(23)13-15(19)2/h6-9,15,19H,3-5,10-14H2,1-2H3/t15-,19-/m0/s1. The van der Waals surface area contributed by atoms with Crippen molar-refractivity contribution >= 4 is 11.7 Å². The highest BCUT2D eigenvalue weighted by molar-refractivity contribution is 5.85. The molecule has 1 aromatic rings. The molecule has 0 heterocycles. The number of benzene rings is 1. The first-order chi connectivity index (χ1) is 11.5. The number of carbonyl (C=O) groups excluding carboxylic acids is 2. The topological polar surface area (TPSA) is 37.4 Å². The van der Waals surface area contributed by atoms with E-state index in [2.05, 4.69) is 6.92 Å². The maximum Gasteiger partial charge on any atom is 0.226 e. The molecule has 0 aromatic heterocycles. The van der Waals surface area contributed by atoms with Crippen LogP contribution in [0.1, 0.15) is 57.9 Å². The van der Waals surface area contributed by atoms with Crippen LogP contribution in [0, 0.1) is 17.7 Å². The van der Waals surface area contributed by atoms with Crippen LogP contribution in [-0.4, -0.2) is 23.1 Å². The molecule has 4 heteroatoms. The van der Waals surface area contributed by atoms with E-state index in [0.717, 1.165) is 31.4 Å². The van der Waals surface area contributed by atoms with Crippen LogP contribution in [0.5, 0.6) is 0 Å². The second kappa shape index (κ2) is 8.95. The van der Waals surface area contributed by atoms with Crippen LogP contribution in [0.3, 0.4) is 0 Å². The predicted molar refractivity (Wildman–Crippen MR) is 92.9 cm³/mol. The van der Waals surface area contributed by atoms with Gasteiger partial charge in [-0.1, -0.05) is 38.8 Å². The Morgan fingerprint density at radius 1 is 1.25 bits per heavy atom. The van der Waals surface area contributed by atoms with Gasteiger partial charge in [-0.3, -0.25) is 9.59 Å². The summed E-state index contributed by atoms with van der Waals surface area (Å²) in [6.07, 6.45) is 4.85. The number of nitrogens with zero attached hydrogens (tertiary/aromatic N) is 1. The highest BCUT2D eigenvalue weighted by Crippen LogP contribution is 2.30. The monoisotopic (exact) mass is 333 g/mol. The Balaban J connectivity index is 2.07. The summed E-state index contributed by atoms with van der Waals surface area (Å²) in [5.41, 5.74) is 0.945. The number of unbranched alkanes of at least 4 members (excludes halogenated alkanes) is 2. The van der Waals surface area contributed by atoms with Gasteiger partial charge >= 0.3 is 0 Å². The van der Waals surface area contributed by atoms with Crippen LogP contribution in [-0.2, 0) is 16.1 Å². The van der Waals surface area contributed by atoms with Gasteiger partial charge in [0.1, 0.15) is 11.6 Å². The Hall–Kier alpha value is -1.71. The van der Waals surface area contributed by atoms with E-state index in [0.29, 0.717) is 25.8 Å². The lowest BCUT2D eigenvalue weighted by Gasteiger charge is -2.33. The van der Waals surface area contributed by atoms with E-state index in [4.69, 9.17) is 0 Å². The molecular weight excluding hydrogens is 305 g/mol. The first-order valence-electron chi connectivity index (χ1n) is 9.06. The molecule has 1 aliphatic rings. The molecule has 0 bridgehead atoms. The number of hydrogen-bond donors (Lipinski definition) is 0. The molecule has 0 unspecified atom stereocenters. The third-order valence-electron chi connectivity index (χ3n) is 4.92. The Morgan fingerprint density at radius 2 is 1.96 bits per heavy atom. The fraction of sp³-hybridized carbons (Fsp3) is 0.600. The molecule has 1 fully saturated rings. The molecule has 2 atom stereocenters. The Morgan fingerprint density at radius 3 is 2.58 bits per heavy atom. The highest BCUT2D eigenvalue weighted by atomic mass is 19.1. The summed E-state index contributed by atoms with van der Waals surface area (Å²) in [5, 5.41) is 0. The molecule has 24 heavy (non-hydrogen) atoms. The van der Waals surface area contributed by atoms with Gasteiger partial charge in [-0.15, -0.1) is 0 Å². The van der Waals surface area contributed by atoms with Crippen molar-refractivity contribution in [2.75, 3.05) is 6.54 Å². The molecule has 132 valence electrons. The van der Waals surface area contributed by atoms with Crippen LogP contribution in [0.2, 0.25) is 0 Å². The molecule has 0 radical (unpaired) electrons. The van der Waals surface area contributed by atoms with Gasteiger partial charge in [0, 0.05) is 31.8 Å². The predicted octanol–water partition coefficient (Wildman–Crippen LogP) is 4.35. The van der Waals surface area contributed by atoms with E-state index in [9.17, 15) is 14.0 Å². The summed E-state index contributed by atoms with van der Waals surface area (Å²) in [4.78, 5) is 26.5. The largest absolute Gasteiger partial charge is 0.338 e. The number of amides is 1. The van der Waals surface area contributed by atoms with Crippen molar-refractivity contribution < 1.29 is 14.0 Å². The van der Waals surface area contributed by atoms with Crippen LogP contribution >= 0.6 is 0 Å². The van der Waals surface area contributed by atoms with Gasteiger partial charge in [0.25, 0.3) is 0 Å².